The number of hydrogen-bond donors (Lipinski definition) is 2. The number of aryl methyl sites for hydroxylation is 1. The number of hydrogen-bond acceptors (Lipinski definition) is 4. The van der Waals surface area contributed by atoms with Gasteiger partial charge in [-0.1, -0.05) is 0 Å². The van der Waals surface area contributed by atoms with Crippen molar-refractivity contribution in [1.82, 2.24) is 15.1 Å². The van der Waals surface area contributed by atoms with Crippen LogP contribution in [-0.2, 0) is 13.6 Å². The molecular formula is C10H11ClN4O2. The first-order chi connectivity index (χ1) is 8.09. The molecule has 0 unspecified atom stereocenters. The molecule has 17 heavy (non-hydrogen) atoms. The van der Waals surface area contributed by atoms with Gasteiger partial charge in [-0.25, -0.2) is 0 Å². The predicted molar refractivity (Wildman–Crippen MR) is 62.5 cm³/mol. The third kappa shape index (κ3) is 2.26. The number of furan rings is 1. The van der Waals surface area contributed by atoms with Crippen LogP contribution >= 0.6 is 11.6 Å². The maximum absolute atomic E-state index is 11.7. The van der Waals surface area contributed by atoms with Crippen molar-refractivity contribution in [2.24, 2.45) is 7.05 Å². The maximum Gasteiger partial charge on any atom is 0.256 e. The van der Waals surface area contributed by atoms with Crippen LogP contribution in [0.3, 0.4) is 0 Å². The predicted octanol–water partition coefficient (Wildman–Crippen LogP) is 1.18. The number of amides is 1. The van der Waals surface area contributed by atoms with Crippen molar-refractivity contribution in [1.29, 1.82) is 0 Å². The second kappa shape index (κ2) is 4.50. The average Bonchev–Trinajstić information content (AvgIpc) is 2.85. The summed E-state index contributed by atoms with van der Waals surface area (Å²) in [6.07, 6.45) is 2.96. The Bertz CT molecular complexity index is 546. The molecule has 0 aliphatic heterocycles. The summed E-state index contributed by atoms with van der Waals surface area (Å²) in [7, 11) is 1.73. The number of carbonyl (C=O) groups is 1. The lowest BCUT2D eigenvalue weighted by molar-refractivity contribution is 0.0950. The summed E-state index contributed by atoms with van der Waals surface area (Å²) < 4.78 is 6.36. The number of halogens is 1. The lowest BCUT2D eigenvalue weighted by Crippen LogP contribution is -2.22. The molecule has 1 amide bonds. The molecule has 0 aromatic carbocycles. The van der Waals surface area contributed by atoms with Crippen LogP contribution in [0.25, 0.3) is 0 Å². The van der Waals surface area contributed by atoms with Crippen molar-refractivity contribution in [3.8, 4) is 0 Å². The molecule has 0 saturated heterocycles. The summed E-state index contributed by atoms with van der Waals surface area (Å²) in [6, 6.07) is 1.50. The third-order valence-electron chi connectivity index (χ3n) is 2.37. The number of nitrogens with two attached hydrogens (primary N) is 1. The van der Waals surface area contributed by atoms with Crippen LogP contribution in [-0.4, -0.2) is 15.7 Å². The van der Waals surface area contributed by atoms with Gasteiger partial charge in [0.1, 0.15) is 5.82 Å². The second-order valence-corrected chi connectivity index (χ2v) is 3.81. The van der Waals surface area contributed by atoms with Crippen LogP contribution in [0.4, 0.5) is 5.82 Å². The highest BCUT2D eigenvalue weighted by atomic mass is 35.5. The van der Waals surface area contributed by atoms with E-state index in [-0.39, 0.29) is 11.1 Å². The molecule has 3 N–H and O–H groups in total. The maximum atomic E-state index is 11.7. The summed E-state index contributed by atoms with van der Waals surface area (Å²) in [5.74, 6) is 0.204. The number of carbonyl (C=O) groups excluding carboxylic acids is 1. The Kier molecular flexibility index (Phi) is 3.06. The smallest absolute Gasteiger partial charge is 0.256 e. The largest absolute Gasteiger partial charge is 0.452 e. The van der Waals surface area contributed by atoms with Gasteiger partial charge in [-0.15, -0.1) is 0 Å². The van der Waals surface area contributed by atoms with Crippen molar-refractivity contribution in [3.63, 3.8) is 0 Å². The quantitative estimate of drug-likeness (QED) is 0.861. The van der Waals surface area contributed by atoms with Crippen molar-refractivity contribution >= 4 is 23.3 Å². The van der Waals surface area contributed by atoms with E-state index in [2.05, 4.69) is 10.4 Å². The summed E-state index contributed by atoms with van der Waals surface area (Å²) in [5.41, 5.74) is 6.79. The van der Waals surface area contributed by atoms with Crippen LogP contribution in [0.15, 0.2) is 22.9 Å². The zero-order valence-electron chi connectivity index (χ0n) is 9.11. The highest BCUT2D eigenvalue weighted by Crippen LogP contribution is 2.16. The SMILES string of the molecule is Cn1ncc(CNC(=O)c2ccoc2Cl)c1N. The molecular weight excluding hydrogens is 244 g/mol. The van der Waals surface area contributed by atoms with E-state index in [4.69, 9.17) is 21.8 Å². The normalized spacial score (nSPS) is 10.5. The van der Waals surface area contributed by atoms with Gasteiger partial charge in [0, 0.05) is 19.2 Å². The number of rotatable bonds is 3. The molecule has 0 saturated carbocycles. The Morgan fingerprint density at radius 2 is 2.47 bits per heavy atom. The minimum Gasteiger partial charge on any atom is -0.452 e. The molecule has 0 bridgehead atoms. The van der Waals surface area contributed by atoms with E-state index in [1.165, 1.54) is 17.0 Å². The summed E-state index contributed by atoms with van der Waals surface area (Å²) in [6.45, 7) is 0.292. The minimum absolute atomic E-state index is 0.0710. The van der Waals surface area contributed by atoms with E-state index in [1.807, 2.05) is 0 Å². The van der Waals surface area contributed by atoms with Gasteiger partial charge in [-0.05, 0) is 17.7 Å². The van der Waals surface area contributed by atoms with E-state index in [1.54, 1.807) is 13.2 Å². The molecule has 0 fully saturated rings. The van der Waals surface area contributed by atoms with Crippen LogP contribution in [0.1, 0.15) is 15.9 Å². The van der Waals surface area contributed by atoms with E-state index < -0.39 is 0 Å². The van der Waals surface area contributed by atoms with Gasteiger partial charge in [-0.2, -0.15) is 5.10 Å². The number of nitrogens with one attached hydrogen (secondary N) is 1. The van der Waals surface area contributed by atoms with Crippen LogP contribution < -0.4 is 11.1 Å². The Morgan fingerprint density at radius 3 is 3.00 bits per heavy atom. The molecule has 0 radical (unpaired) electrons. The minimum atomic E-state index is -0.313. The van der Waals surface area contributed by atoms with Crippen LogP contribution in [0.5, 0.6) is 0 Å². The van der Waals surface area contributed by atoms with Crippen molar-refractivity contribution in [2.45, 2.75) is 6.54 Å². The Morgan fingerprint density at radius 1 is 1.71 bits per heavy atom. The number of nitrogens with zero attached hydrogens (tertiary/aromatic N) is 2. The first kappa shape index (κ1) is 11.5. The van der Waals surface area contributed by atoms with Crippen molar-refractivity contribution in [2.75, 3.05) is 5.73 Å². The van der Waals surface area contributed by atoms with Gasteiger partial charge in [0.15, 0.2) is 0 Å². The Balaban J connectivity index is 2.02. The fourth-order valence-electron chi connectivity index (χ4n) is 1.36. The van der Waals surface area contributed by atoms with E-state index in [0.717, 1.165) is 5.56 Å². The first-order valence-corrected chi connectivity index (χ1v) is 5.25. The fourth-order valence-corrected chi connectivity index (χ4v) is 1.56. The molecule has 0 aliphatic carbocycles. The third-order valence-corrected chi connectivity index (χ3v) is 2.66. The highest BCUT2D eigenvalue weighted by Gasteiger charge is 2.13. The lowest BCUT2D eigenvalue weighted by atomic mass is 10.3. The van der Waals surface area contributed by atoms with E-state index in [0.29, 0.717) is 17.9 Å². The molecule has 0 aliphatic rings. The molecule has 2 aromatic rings. The lowest BCUT2D eigenvalue weighted by Gasteiger charge is -2.03. The first-order valence-electron chi connectivity index (χ1n) is 4.87. The van der Waals surface area contributed by atoms with Gasteiger partial charge in [0.25, 0.3) is 5.91 Å². The number of anilines is 1. The van der Waals surface area contributed by atoms with E-state index >= 15 is 0 Å². The Hall–Kier alpha value is -1.95. The molecule has 2 rings (SSSR count). The van der Waals surface area contributed by atoms with Crippen molar-refractivity contribution < 1.29 is 9.21 Å². The van der Waals surface area contributed by atoms with E-state index in [9.17, 15) is 4.79 Å². The monoisotopic (exact) mass is 254 g/mol. The average molecular weight is 255 g/mol. The van der Waals surface area contributed by atoms with Gasteiger partial charge in [0.2, 0.25) is 5.22 Å². The molecule has 90 valence electrons. The highest BCUT2D eigenvalue weighted by molar-refractivity contribution is 6.32. The fraction of sp³-hybridized carbons (Fsp3) is 0.200. The number of nitrogen functional groups attached to an aromatic ring is 1. The van der Waals surface area contributed by atoms with Crippen molar-refractivity contribution in [3.05, 3.63) is 34.9 Å². The topological polar surface area (TPSA) is 86.1 Å². The number of aromatic nitrogens is 2. The molecule has 2 heterocycles. The standard InChI is InChI=1S/C10H11ClN4O2/c1-15-9(12)6(5-14-15)4-13-10(16)7-2-3-17-8(7)11/h2-3,5H,4,12H2,1H3,(H,13,16). The van der Waals surface area contributed by atoms with Crippen LogP contribution in [0, 0.1) is 0 Å². The van der Waals surface area contributed by atoms with Crippen LogP contribution in [0.2, 0.25) is 5.22 Å². The molecule has 2 aromatic heterocycles. The molecule has 7 heteroatoms. The zero-order chi connectivity index (χ0) is 12.4. The summed E-state index contributed by atoms with van der Waals surface area (Å²) in [5, 5.41) is 6.72. The van der Waals surface area contributed by atoms with Gasteiger partial charge in [-0.3, -0.25) is 9.48 Å². The van der Waals surface area contributed by atoms with Gasteiger partial charge >= 0.3 is 0 Å². The van der Waals surface area contributed by atoms with Gasteiger partial charge < -0.3 is 15.5 Å². The Labute approximate surface area is 102 Å². The van der Waals surface area contributed by atoms with Gasteiger partial charge in [0.05, 0.1) is 18.0 Å². The second-order valence-electron chi connectivity index (χ2n) is 3.47. The molecule has 0 spiro atoms. The molecule has 6 nitrogen and oxygen atoms in total. The summed E-state index contributed by atoms with van der Waals surface area (Å²) >= 11 is 5.68. The summed E-state index contributed by atoms with van der Waals surface area (Å²) in [4.78, 5) is 11.7. The molecule has 0 atom stereocenters. The zero-order valence-corrected chi connectivity index (χ0v) is 9.86.